The molecule has 0 bridgehead atoms. The van der Waals surface area contributed by atoms with E-state index in [2.05, 4.69) is 36.1 Å². The van der Waals surface area contributed by atoms with Crippen LogP contribution in [0, 0.1) is 5.92 Å². The SMILES string of the molecule is C[C@H]1C(NC(=O)NC(C)(C)C)CCCC1Oc1cc(C(=O)NC2CCN(C)CC2)ccc1Nc1ncc(C(F)(F)F)c(N)n1. The Hall–Kier alpha value is -3.81. The van der Waals surface area contributed by atoms with Crippen molar-refractivity contribution in [3.05, 3.63) is 35.5 Å². The number of nitrogens with one attached hydrogen (secondary N) is 4. The fraction of sp³-hybridized carbons (Fsp3) is 0.600. The maximum absolute atomic E-state index is 13.2. The van der Waals surface area contributed by atoms with Gasteiger partial charge in [-0.3, -0.25) is 4.79 Å². The van der Waals surface area contributed by atoms with Crippen molar-refractivity contribution in [1.29, 1.82) is 0 Å². The zero-order chi connectivity index (χ0) is 32.2. The van der Waals surface area contributed by atoms with E-state index < -0.39 is 23.1 Å². The lowest BCUT2D eigenvalue weighted by Crippen LogP contribution is -2.54. The van der Waals surface area contributed by atoms with E-state index in [0.717, 1.165) is 38.8 Å². The summed E-state index contributed by atoms with van der Waals surface area (Å²) in [5.41, 5.74) is 4.79. The molecule has 11 nitrogen and oxygen atoms in total. The Labute approximate surface area is 255 Å². The van der Waals surface area contributed by atoms with Crippen molar-refractivity contribution in [3.8, 4) is 5.75 Å². The van der Waals surface area contributed by atoms with Crippen LogP contribution in [0.2, 0.25) is 0 Å². The number of benzene rings is 1. The van der Waals surface area contributed by atoms with Crippen molar-refractivity contribution in [1.82, 2.24) is 30.8 Å². The lowest BCUT2D eigenvalue weighted by atomic mass is 9.83. The maximum Gasteiger partial charge on any atom is 0.421 e. The quantitative estimate of drug-likeness (QED) is 0.300. The number of urea groups is 1. The number of halogens is 3. The van der Waals surface area contributed by atoms with Gasteiger partial charge < -0.3 is 36.6 Å². The summed E-state index contributed by atoms with van der Waals surface area (Å²) in [6, 6.07) is 4.46. The van der Waals surface area contributed by atoms with Crippen LogP contribution in [0.4, 0.5) is 35.4 Å². The van der Waals surface area contributed by atoms with E-state index in [1.54, 1.807) is 18.2 Å². The highest BCUT2D eigenvalue weighted by Crippen LogP contribution is 2.36. The first-order valence-electron chi connectivity index (χ1n) is 14.9. The van der Waals surface area contributed by atoms with Gasteiger partial charge in [0.25, 0.3) is 5.91 Å². The average molecular weight is 621 g/mol. The van der Waals surface area contributed by atoms with Crippen LogP contribution < -0.4 is 31.7 Å². The number of rotatable bonds is 7. The first kappa shape index (κ1) is 33.1. The predicted molar refractivity (Wildman–Crippen MR) is 162 cm³/mol. The van der Waals surface area contributed by atoms with Gasteiger partial charge in [0.05, 0.1) is 5.69 Å². The first-order chi connectivity index (χ1) is 20.6. The van der Waals surface area contributed by atoms with Gasteiger partial charge in [0.15, 0.2) is 0 Å². The van der Waals surface area contributed by atoms with Gasteiger partial charge in [-0.2, -0.15) is 18.2 Å². The smallest absolute Gasteiger partial charge is 0.421 e. The number of aromatic nitrogens is 2. The Morgan fingerprint density at radius 2 is 1.77 bits per heavy atom. The van der Waals surface area contributed by atoms with E-state index in [1.807, 2.05) is 34.7 Å². The number of nitrogen functional groups attached to an aromatic ring is 1. The molecule has 2 aromatic rings. The van der Waals surface area contributed by atoms with E-state index >= 15 is 0 Å². The number of nitrogens with zero attached hydrogens (tertiary/aromatic N) is 3. The third-order valence-corrected chi connectivity index (χ3v) is 7.98. The molecule has 2 unspecified atom stereocenters. The summed E-state index contributed by atoms with van der Waals surface area (Å²) in [4.78, 5) is 35.6. The Balaban J connectivity index is 1.57. The van der Waals surface area contributed by atoms with Gasteiger partial charge in [-0.25, -0.2) is 9.78 Å². The van der Waals surface area contributed by atoms with E-state index in [-0.39, 0.29) is 42.0 Å². The Kier molecular flexibility index (Phi) is 10.1. The van der Waals surface area contributed by atoms with E-state index in [1.165, 1.54) is 0 Å². The molecule has 2 aliphatic rings. The molecule has 44 heavy (non-hydrogen) atoms. The number of hydrogen-bond donors (Lipinski definition) is 5. The molecule has 3 atom stereocenters. The van der Waals surface area contributed by atoms with Crippen molar-refractivity contribution < 1.29 is 27.5 Å². The number of piperidine rings is 1. The van der Waals surface area contributed by atoms with Crippen LogP contribution >= 0.6 is 0 Å². The summed E-state index contributed by atoms with van der Waals surface area (Å²) in [5, 5.41) is 12.0. The van der Waals surface area contributed by atoms with Crippen LogP contribution in [0.3, 0.4) is 0 Å². The number of hydrogen-bond acceptors (Lipinski definition) is 8. The Morgan fingerprint density at radius 3 is 2.41 bits per heavy atom. The molecule has 14 heteroatoms. The van der Waals surface area contributed by atoms with Gasteiger partial charge in [0.2, 0.25) is 5.95 Å². The van der Waals surface area contributed by atoms with Crippen LogP contribution in [0.1, 0.15) is 75.7 Å². The van der Waals surface area contributed by atoms with Crippen molar-refractivity contribution in [3.63, 3.8) is 0 Å². The molecule has 1 aromatic heterocycles. The number of amides is 3. The van der Waals surface area contributed by atoms with Crippen LogP contribution in [0.25, 0.3) is 0 Å². The summed E-state index contributed by atoms with van der Waals surface area (Å²) < 4.78 is 46.1. The minimum absolute atomic E-state index is 0.0498. The molecule has 3 amide bonds. The monoisotopic (exact) mass is 620 g/mol. The Bertz CT molecular complexity index is 1330. The third-order valence-electron chi connectivity index (χ3n) is 7.98. The molecular weight excluding hydrogens is 577 g/mol. The van der Waals surface area contributed by atoms with Crippen LogP contribution in [-0.4, -0.2) is 70.7 Å². The fourth-order valence-corrected chi connectivity index (χ4v) is 5.48. The highest BCUT2D eigenvalue weighted by atomic mass is 19.4. The second kappa shape index (κ2) is 13.4. The zero-order valence-corrected chi connectivity index (χ0v) is 25.8. The Morgan fingerprint density at radius 1 is 1.07 bits per heavy atom. The molecule has 0 radical (unpaired) electrons. The summed E-state index contributed by atoms with van der Waals surface area (Å²) >= 11 is 0. The molecule has 1 saturated heterocycles. The van der Waals surface area contributed by atoms with Gasteiger partial charge in [-0.05, 0) is 91.2 Å². The molecule has 1 aromatic carbocycles. The molecule has 0 spiro atoms. The van der Waals surface area contributed by atoms with E-state index in [0.29, 0.717) is 29.6 Å². The fourth-order valence-electron chi connectivity index (χ4n) is 5.48. The van der Waals surface area contributed by atoms with E-state index in [4.69, 9.17) is 10.5 Å². The van der Waals surface area contributed by atoms with Crippen molar-refractivity contribution in [2.24, 2.45) is 5.92 Å². The van der Waals surface area contributed by atoms with Gasteiger partial charge in [-0.1, -0.05) is 6.92 Å². The number of alkyl halides is 3. The summed E-state index contributed by atoms with van der Waals surface area (Å²) in [6.45, 7) is 9.49. The summed E-state index contributed by atoms with van der Waals surface area (Å²) in [7, 11) is 2.05. The average Bonchev–Trinajstić information content (AvgIpc) is 2.91. The molecule has 1 saturated carbocycles. The second-order valence-corrected chi connectivity index (χ2v) is 12.8. The van der Waals surface area contributed by atoms with Crippen molar-refractivity contribution in [2.45, 2.75) is 89.7 Å². The highest BCUT2D eigenvalue weighted by molar-refractivity contribution is 5.95. The standard InChI is InChI=1S/C30H43F3N8O3/c1-17-21(38-28(43)40-29(2,3)4)7-6-8-23(17)44-24-15-18(26(42)36-19-11-13-41(5)14-12-19)9-10-22(24)37-27-35-16-20(25(34)39-27)30(31,32)33/h9-10,15-17,19,21,23H,6-8,11-14H2,1-5H3,(H,36,42)(H2,38,40,43)(H3,34,35,37,39)/t17-,21?,23?/m0/s1. The summed E-state index contributed by atoms with van der Waals surface area (Å²) in [5.74, 6) is -0.897. The first-order valence-corrected chi connectivity index (χ1v) is 14.9. The van der Waals surface area contributed by atoms with Gasteiger partial charge in [0, 0.05) is 35.3 Å². The molecule has 1 aliphatic carbocycles. The van der Waals surface area contributed by atoms with Gasteiger partial charge in [0.1, 0.15) is 23.2 Å². The number of nitrogens with two attached hydrogens (primary N) is 1. The zero-order valence-electron chi connectivity index (χ0n) is 25.8. The highest BCUT2D eigenvalue weighted by Gasteiger charge is 2.35. The number of ether oxygens (including phenoxy) is 1. The maximum atomic E-state index is 13.2. The van der Waals surface area contributed by atoms with Crippen LogP contribution in [0.5, 0.6) is 5.75 Å². The molecule has 242 valence electrons. The number of carbonyl (C=O) groups is 2. The van der Waals surface area contributed by atoms with Crippen molar-refractivity contribution in [2.75, 3.05) is 31.2 Å². The largest absolute Gasteiger partial charge is 0.488 e. The molecular formula is C30H43F3N8O3. The van der Waals surface area contributed by atoms with Crippen LogP contribution in [-0.2, 0) is 6.18 Å². The lowest BCUT2D eigenvalue weighted by Gasteiger charge is -2.37. The molecule has 1 aliphatic heterocycles. The number of likely N-dealkylation sites (tertiary alicyclic amines) is 1. The van der Waals surface area contributed by atoms with E-state index in [9.17, 15) is 22.8 Å². The molecule has 6 N–H and O–H groups in total. The second-order valence-electron chi connectivity index (χ2n) is 12.8. The van der Waals surface area contributed by atoms with Crippen LogP contribution in [0.15, 0.2) is 24.4 Å². The molecule has 4 rings (SSSR count). The summed E-state index contributed by atoms with van der Waals surface area (Å²) in [6.07, 6.45) is -0.426. The predicted octanol–water partition coefficient (Wildman–Crippen LogP) is 4.68. The minimum atomic E-state index is -4.69. The topological polar surface area (TPSA) is 147 Å². The number of anilines is 3. The number of carbonyl (C=O) groups excluding carboxylic acids is 2. The van der Waals surface area contributed by atoms with Gasteiger partial charge >= 0.3 is 12.2 Å². The van der Waals surface area contributed by atoms with Gasteiger partial charge in [-0.15, -0.1) is 0 Å². The normalized spacial score (nSPS) is 21.8. The molecule has 2 heterocycles. The minimum Gasteiger partial charge on any atom is -0.488 e. The molecule has 2 fully saturated rings. The third kappa shape index (κ3) is 8.87. The van der Waals surface area contributed by atoms with Crippen molar-refractivity contribution >= 4 is 29.4 Å². The lowest BCUT2D eigenvalue weighted by molar-refractivity contribution is -0.137.